The van der Waals surface area contributed by atoms with Crippen LogP contribution in [-0.4, -0.2) is 34.5 Å². The van der Waals surface area contributed by atoms with Gasteiger partial charge in [0.1, 0.15) is 0 Å². The van der Waals surface area contributed by atoms with Gasteiger partial charge in [0, 0.05) is 12.0 Å². The number of hydrogen-bond donors (Lipinski definition) is 2. The quantitative estimate of drug-likeness (QED) is 0.804. The lowest BCUT2D eigenvalue weighted by atomic mass is 9.99. The molecular formula is C12H19NO3S. The summed E-state index contributed by atoms with van der Waals surface area (Å²) < 4.78 is 0. The van der Waals surface area contributed by atoms with Crippen molar-refractivity contribution >= 4 is 23.6 Å². The summed E-state index contributed by atoms with van der Waals surface area (Å²) in [5.41, 5.74) is 0. The summed E-state index contributed by atoms with van der Waals surface area (Å²) in [4.78, 5) is 23.0. The number of thioether (sulfide) groups is 1. The number of carboxylic acids is 1. The average molecular weight is 257 g/mol. The second kappa shape index (κ2) is 5.76. The monoisotopic (exact) mass is 257 g/mol. The Labute approximate surface area is 106 Å². The molecule has 0 radical (unpaired) electrons. The second-order valence-corrected chi connectivity index (χ2v) is 6.10. The first-order valence-electron chi connectivity index (χ1n) is 6.29. The van der Waals surface area contributed by atoms with E-state index >= 15 is 0 Å². The van der Waals surface area contributed by atoms with Gasteiger partial charge in [0.25, 0.3) is 0 Å². The molecule has 1 aliphatic heterocycles. The highest BCUT2D eigenvalue weighted by atomic mass is 32.2. The van der Waals surface area contributed by atoms with Crippen LogP contribution >= 0.6 is 11.8 Å². The van der Waals surface area contributed by atoms with E-state index in [-0.39, 0.29) is 23.8 Å². The fourth-order valence-electron chi connectivity index (χ4n) is 2.69. The van der Waals surface area contributed by atoms with Gasteiger partial charge in [-0.15, -0.1) is 0 Å². The molecule has 0 bridgehead atoms. The molecule has 0 aromatic rings. The number of amides is 1. The SMILES string of the molecule is O=C(N[C@H]1CCC[C@H]1C(=O)O)C1CCSCC1. The molecule has 2 fully saturated rings. The average Bonchev–Trinajstić information content (AvgIpc) is 2.78. The fraction of sp³-hybridized carbons (Fsp3) is 0.833. The Kier molecular flexibility index (Phi) is 4.31. The molecule has 0 unspecified atom stereocenters. The molecule has 0 spiro atoms. The van der Waals surface area contributed by atoms with Crippen molar-refractivity contribution in [3.63, 3.8) is 0 Å². The molecule has 1 heterocycles. The summed E-state index contributed by atoms with van der Waals surface area (Å²) in [5.74, 6) is 1.12. The van der Waals surface area contributed by atoms with Crippen LogP contribution in [0.5, 0.6) is 0 Å². The van der Waals surface area contributed by atoms with Gasteiger partial charge in [0.15, 0.2) is 0 Å². The first-order chi connectivity index (χ1) is 8.18. The number of nitrogens with one attached hydrogen (secondary N) is 1. The number of rotatable bonds is 3. The normalized spacial score (nSPS) is 30.1. The van der Waals surface area contributed by atoms with Crippen molar-refractivity contribution in [2.24, 2.45) is 11.8 Å². The van der Waals surface area contributed by atoms with Crippen molar-refractivity contribution in [1.29, 1.82) is 0 Å². The molecule has 1 saturated carbocycles. The Hall–Kier alpha value is -0.710. The van der Waals surface area contributed by atoms with E-state index in [1.54, 1.807) is 0 Å². The fourth-order valence-corrected chi connectivity index (χ4v) is 3.80. The zero-order valence-electron chi connectivity index (χ0n) is 9.85. The topological polar surface area (TPSA) is 66.4 Å². The molecule has 2 N–H and O–H groups in total. The van der Waals surface area contributed by atoms with E-state index in [0.717, 1.165) is 37.2 Å². The van der Waals surface area contributed by atoms with E-state index in [1.165, 1.54) is 0 Å². The van der Waals surface area contributed by atoms with Crippen LogP contribution in [0.2, 0.25) is 0 Å². The molecule has 0 aromatic heterocycles. The first kappa shape index (κ1) is 12.7. The first-order valence-corrected chi connectivity index (χ1v) is 7.45. The minimum atomic E-state index is -0.771. The van der Waals surface area contributed by atoms with Gasteiger partial charge in [-0.1, -0.05) is 6.42 Å². The van der Waals surface area contributed by atoms with Crippen molar-refractivity contribution < 1.29 is 14.7 Å². The van der Waals surface area contributed by atoms with Crippen LogP contribution < -0.4 is 5.32 Å². The molecule has 5 heteroatoms. The Morgan fingerprint density at radius 2 is 1.82 bits per heavy atom. The Balaban J connectivity index is 1.86. The highest BCUT2D eigenvalue weighted by molar-refractivity contribution is 7.99. The number of hydrogen-bond acceptors (Lipinski definition) is 3. The molecule has 2 aliphatic rings. The van der Waals surface area contributed by atoms with E-state index in [0.29, 0.717) is 6.42 Å². The third kappa shape index (κ3) is 3.15. The molecule has 4 nitrogen and oxygen atoms in total. The summed E-state index contributed by atoms with van der Waals surface area (Å²) in [6.07, 6.45) is 4.27. The molecule has 1 amide bonds. The summed E-state index contributed by atoms with van der Waals surface area (Å²) >= 11 is 1.89. The number of carbonyl (C=O) groups excluding carboxylic acids is 1. The highest BCUT2D eigenvalue weighted by Crippen LogP contribution is 2.28. The molecule has 2 atom stereocenters. The maximum Gasteiger partial charge on any atom is 0.308 e. The van der Waals surface area contributed by atoms with Crippen LogP contribution in [-0.2, 0) is 9.59 Å². The summed E-state index contributed by atoms with van der Waals surface area (Å²) in [6, 6.07) is -0.144. The van der Waals surface area contributed by atoms with Gasteiger partial charge in [-0.05, 0) is 37.2 Å². The van der Waals surface area contributed by atoms with E-state index in [2.05, 4.69) is 5.32 Å². The van der Waals surface area contributed by atoms with Gasteiger partial charge in [0.2, 0.25) is 5.91 Å². The number of carboxylic acid groups (broad SMARTS) is 1. The molecule has 1 aliphatic carbocycles. The summed E-state index contributed by atoms with van der Waals surface area (Å²) in [5, 5.41) is 12.0. The molecule has 0 aromatic carbocycles. The van der Waals surface area contributed by atoms with Crippen LogP contribution in [0.1, 0.15) is 32.1 Å². The largest absolute Gasteiger partial charge is 0.481 e. The van der Waals surface area contributed by atoms with Crippen LogP contribution in [0.15, 0.2) is 0 Å². The summed E-state index contributed by atoms with van der Waals surface area (Å²) in [6.45, 7) is 0. The second-order valence-electron chi connectivity index (χ2n) is 4.88. The van der Waals surface area contributed by atoms with Crippen molar-refractivity contribution in [3.05, 3.63) is 0 Å². The molecule has 2 rings (SSSR count). The highest BCUT2D eigenvalue weighted by Gasteiger charge is 2.35. The minimum absolute atomic E-state index is 0.0726. The molecule has 1 saturated heterocycles. The number of carbonyl (C=O) groups is 2. The molecular weight excluding hydrogens is 238 g/mol. The van der Waals surface area contributed by atoms with E-state index in [4.69, 9.17) is 5.11 Å². The van der Waals surface area contributed by atoms with Crippen molar-refractivity contribution in [2.75, 3.05) is 11.5 Å². The predicted octanol–water partition coefficient (Wildman–Crippen LogP) is 1.50. The number of aliphatic carboxylic acids is 1. The van der Waals surface area contributed by atoms with E-state index in [9.17, 15) is 9.59 Å². The van der Waals surface area contributed by atoms with E-state index in [1.807, 2.05) is 11.8 Å². The van der Waals surface area contributed by atoms with E-state index < -0.39 is 5.97 Å². The third-order valence-corrected chi connectivity index (χ3v) is 4.80. The van der Waals surface area contributed by atoms with Crippen molar-refractivity contribution in [3.8, 4) is 0 Å². The maximum atomic E-state index is 12.0. The Morgan fingerprint density at radius 3 is 2.47 bits per heavy atom. The van der Waals surface area contributed by atoms with Crippen molar-refractivity contribution in [2.45, 2.75) is 38.1 Å². The zero-order chi connectivity index (χ0) is 12.3. The lowest BCUT2D eigenvalue weighted by Crippen LogP contribution is -2.43. The summed E-state index contributed by atoms with van der Waals surface area (Å²) in [7, 11) is 0. The van der Waals surface area contributed by atoms with Gasteiger partial charge in [-0.3, -0.25) is 9.59 Å². The van der Waals surface area contributed by atoms with Gasteiger partial charge in [-0.25, -0.2) is 0 Å². The molecule has 96 valence electrons. The van der Waals surface area contributed by atoms with Gasteiger partial charge in [0.05, 0.1) is 5.92 Å². The van der Waals surface area contributed by atoms with Gasteiger partial charge < -0.3 is 10.4 Å². The molecule has 17 heavy (non-hydrogen) atoms. The standard InChI is InChI=1S/C12H19NO3S/c14-11(8-4-6-17-7-5-8)13-10-3-1-2-9(10)12(15)16/h8-10H,1-7H2,(H,13,14)(H,15,16)/t9-,10+/m1/s1. The van der Waals surface area contributed by atoms with Crippen LogP contribution in [0.4, 0.5) is 0 Å². The zero-order valence-corrected chi connectivity index (χ0v) is 10.7. The predicted molar refractivity (Wildman–Crippen MR) is 67.0 cm³/mol. The van der Waals surface area contributed by atoms with Crippen LogP contribution in [0.25, 0.3) is 0 Å². The lowest BCUT2D eigenvalue weighted by Gasteiger charge is -2.24. The maximum absolute atomic E-state index is 12.0. The minimum Gasteiger partial charge on any atom is -0.481 e. The van der Waals surface area contributed by atoms with Gasteiger partial charge in [-0.2, -0.15) is 11.8 Å². The van der Waals surface area contributed by atoms with Gasteiger partial charge >= 0.3 is 5.97 Å². The van der Waals surface area contributed by atoms with Crippen LogP contribution in [0.3, 0.4) is 0 Å². The lowest BCUT2D eigenvalue weighted by molar-refractivity contribution is -0.142. The van der Waals surface area contributed by atoms with Crippen LogP contribution in [0, 0.1) is 11.8 Å². The van der Waals surface area contributed by atoms with Crippen molar-refractivity contribution in [1.82, 2.24) is 5.32 Å². The Bertz CT molecular complexity index is 302. The third-order valence-electron chi connectivity index (χ3n) is 3.75. The Morgan fingerprint density at radius 1 is 1.12 bits per heavy atom. The smallest absolute Gasteiger partial charge is 0.308 e.